The first-order valence-corrected chi connectivity index (χ1v) is 5.65. The molecule has 0 aliphatic carbocycles. The van der Waals surface area contributed by atoms with E-state index in [9.17, 15) is 8.42 Å². The Labute approximate surface area is 83.8 Å². The predicted molar refractivity (Wildman–Crippen MR) is 55.6 cm³/mol. The second kappa shape index (κ2) is 3.94. The Bertz CT molecular complexity index is 446. The van der Waals surface area contributed by atoms with Gasteiger partial charge in [-0.25, -0.2) is 0 Å². The number of rotatable bonds is 3. The Balaban J connectivity index is 3.38. The Hall–Kier alpha value is -1.13. The van der Waals surface area contributed by atoms with Gasteiger partial charge in [-0.15, -0.1) is 0 Å². The highest BCUT2D eigenvalue weighted by Crippen LogP contribution is 2.23. The molecule has 0 aliphatic heterocycles. The number of allylic oxidation sites excluding steroid dienone is 1. The molecule has 0 aliphatic rings. The van der Waals surface area contributed by atoms with Gasteiger partial charge in [0, 0.05) is 0 Å². The summed E-state index contributed by atoms with van der Waals surface area (Å²) in [6.45, 7) is 5.62. The van der Waals surface area contributed by atoms with Crippen molar-refractivity contribution in [2.24, 2.45) is 0 Å². The van der Waals surface area contributed by atoms with Crippen LogP contribution in [0.2, 0.25) is 0 Å². The Morgan fingerprint density at radius 2 is 2.00 bits per heavy atom. The third kappa shape index (κ3) is 2.21. The lowest BCUT2D eigenvalue weighted by molar-refractivity contribution is 0.483. The minimum absolute atomic E-state index is 0.0770. The van der Waals surface area contributed by atoms with E-state index in [0.29, 0.717) is 17.6 Å². The van der Waals surface area contributed by atoms with E-state index in [1.165, 1.54) is 6.07 Å². The molecule has 0 unspecified atom stereocenters. The molecule has 1 rings (SSSR count). The lowest BCUT2D eigenvalue weighted by Crippen LogP contribution is -2.01. The summed E-state index contributed by atoms with van der Waals surface area (Å²) < 4.78 is 30.9. The molecule has 14 heavy (non-hydrogen) atoms. The molecule has 0 aromatic heterocycles. The first-order valence-electron chi connectivity index (χ1n) is 4.21. The van der Waals surface area contributed by atoms with Gasteiger partial charge in [-0.2, -0.15) is 8.42 Å². The zero-order chi connectivity index (χ0) is 10.8. The fourth-order valence-electron chi connectivity index (χ4n) is 1.17. The summed E-state index contributed by atoms with van der Waals surface area (Å²) in [5, 5.41) is 0. The molecule has 0 saturated carbocycles. The molecule has 0 atom stereocenters. The van der Waals surface area contributed by atoms with Crippen LogP contribution in [0.3, 0.4) is 0 Å². The van der Waals surface area contributed by atoms with Crippen LogP contribution in [0.25, 0.3) is 5.57 Å². The Kier molecular flexibility index (Phi) is 3.08. The molecular formula is C10H12O3S. The van der Waals surface area contributed by atoms with E-state index in [4.69, 9.17) is 4.55 Å². The average Bonchev–Trinajstić information content (AvgIpc) is 2.15. The van der Waals surface area contributed by atoms with Crippen LogP contribution in [-0.2, 0) is 10.1 Å². The van der Waals surface area contributed by atoms with Gasteiger partial charge in [-0.3, -0.25) is 4.55 Å². The lowest BCUT2D eigenvalue weighted by Gasteiger charge is -2.07. The first kappa shape index (κ1) is 10.9. The third-order valence-electron chi connectivity index (χ3n) is 1.97. The fourth-order valence-corrected chi connectivity index (χ4v) is 1.91. The van der Waals surface area contributed by atoms with Gasteiger partial charge < -0.3 is 0 Å². The quantitative estimate of drug-likeness (QED) is 0.782. The molecule has 1 aromatic rings. The van der Waals surface area contributed by atoms with Gasteiger partial charge >= 0.3 is 0 Å². The molecule has 0 amide bonds. The zero-order valence-corrected chi connectivity index (χ0v) is 8.71. The van der Waals surface area contributed by atoms with Crippen molar-refractivity contribution in [1.82, 2.24) is 0 Å². The van der Waals surface area contributed by atoms with E-state index in [2.05, 4.69) is 6.58 Å². The van der Waals surface area contributed by atoms with Crippen molar-refractivity contribution in [3.05, 3.63) is 36.4 Å². The number of hydrogen-bond donors (Lipinski definition) is 1. The summed E-state index contributed by atoms with van der Waals surface area (Å²) in [6.07, 6.45) is 0.645. The van der Waals surface area contributed by atoms with Crippen LogP contribution in [0.15, 0.2) is 35.7 Å². The van der Waals surface area contributed by atoms with Gasteiger partial charge in [0.25, 0.3) is 10.1 Å². The second-order valence-corrected chi connectivity index (χ2v) is 4.32. The maximum atomic E-state index is 11.0. The van der Waals surface area contributed by atoms with Crippen molar-refractivity contribution in [2.45, 2.75) is 18.2 Å². The van der Waals surface area contributed by atoms with Gasteiger partial charge in [0.1, 0.15) is 4.90 Å². The van der Waals surface area contributed by atoms with Gasteiger partial charge in [-0.1, -0.05) is 31.7 Å². The molecule has 0 heterocycles. The van der Waals surface area contributed by atoms with E-state index in [1.807, 2.05) is 6.92 Å². The summed E-state index contributed by atoms with van der Waals surface area (Å²) in [4.78, 5) is -0.0770. The molecule has 0 radical (unpaired) electrons. The van der Waals surface area contributed by atoms with E-state index in [0.717, 1.165) is 0 Å². The van der Waals surface area contributed by atoms with Crippen molar-refractivity contribution >= 4 is 15.7 Å². The molecule has 0 fully saturated rings. The summed E-state index contributed by atoms with van der Waals surface area (Å²) >= 11 is 0. The second-order valence-electron chi connectivity index (χ2n) is 2.93. The molecule has 0 bridgehead atoms. The highest BCUT2D eigenvalue weighted by atomic mass is 32.2. The van der Waals surface area contributed by atoms with Crippen molar-refractivity contribution in [2.75, 3.05) is 0 Å². The number of hydrogen-bond acceptors (Lipinski definition) is 2. The van der Waals surface area contributed by atoms with Crippen molar-refractivity contribution in [1.29, 1.82) is 0 Å². The minimum Gasteiger partial charge on any atom is -0.282 e. The maximum absolute atomic E-state index is 11.0. The van der Waals surface area contributed by atoms with Gasteiger partial charge in [0.2, 0.25) is 0 Å². The van der Waals surface area contributed by atoms with Crippen LogP contribution >= 0.6 is 0 Å². The SMILES string of the molecule is C=C(CC)c1ccccc1S(=O)(=O)O. The van der Waals surface area contributed by atoms with E-state index < -0.39 is 10.1 Å². The van der Waals surface area contributed by atoms with Gasteiger partial charge in [0.15, 0.2) is 0 Å². The highest BCUT2D eigenvalue weighted by molar-refractivity contribution is 7.85. The van der Waals surface area contributed by atoms with E-state index in [-0.39, 0.29) is 4.90 Å². The smallest absolute Gasteiger partial charge is 0.282 e. The van der Waals surface area contributed by atoms with E-state index >= 15 is 0 Å². The maximum Gasteiger partial charge on any atom is 0.295 e. The molecule has 0 spiro atoms. The summed E-state index contributed by atoms with van der Waals surface area (Å²) in [5.41, 5.74) is 1.18. The largest absolute Gasteiger partial charge is 0.295 e. The van der Waals surface area contributed by atoms with Crippen molar-refractivity contribution in [3.8, 4) is 0 Å². The molecule has 3 nitrogen and oxygen atoms in total. The van der Waals surface area contributed by atoms with Crippen molar-refractivity contribution < 1.29 is 13.0 Å². The summed E-state index contributed by atoms with van der Waals surface area (Å²) in [6, 6.07) is 6.28. The first-order chi connectivity index (χ1) is 6.46. The average molecular weight is 212 g/mol. The summed E-state index contributed by atoms with van der Waals surface area (Å²) in [7, 11) is -4.15. The van der Waals surface area contributed by atoms with Crippen LogP contribution in [0.5, 0.6) is 0 Å². The molecule has 4 heteroatoms. The normalized spacial score (nSPS) is 11.3. The summed E-state index contributed by atoms with van der Waals surface area (Å²) in [5.74, 6) is 0. The fraction of sp³-hybridized carbons (Fsp3) is 0.200. The Morgan fingerprint density at radius 1 is 1.43 bits per heavy atom. The molecular weight excluding hydrogens is 200 g/mol. The monoisotopic (exact) mass is 212 g/mol. The van der Waals surface area contributed by atoms with Crippen LogP contribution in [0, 0.1) is 0 Å². The zero-order valence-electron chi connectivity index (χ0n) is 7.90. The van der Waals surface area contributed by atoms with Gasteiger partial charge in [-0.05, 0) is 23.6 Å². The standard InChI is InChI=1S/C10H12O3S/c1-3-8(2)9-6-4-5-7-10(9)14(11,12)13/h4-7H,2-3H2,1H3,(H,11,12,13). The van der Waals surface area contributed by atoms with Crippen molar-refractivity contribution in [3.63, 3.8) is 0 Å². The van der Waals surface area contributed by atoms with Crippen LogP contribution < -0.4 is 0 Å². The number of benzene rings is 1. The third-order valence-corrected chi connectivity index (χ3v) is 2.88. The Morgan fingerprint density at radius 3 is 2.50 bits per heavy atom. The molecule has 76 valence electrons. The highest BCUT2D eigenvalue weighted by Gasteiger charge is 2.15. The molecule has 1 aromatic carbocycles. The van der Waals surface area contributed by atoms with E-state index in [1.54, 1.807) is 18.2 Å². The predicted octanol–water partition coefficient (Wildman–Crippen LogP) is 2.36. The van der Waals surface area contributed by atoms with Crippen LogP contribution in [0.1, 0.15) is 18.9 Å². The topological polar surface area (TPSA) is 54.4 Å². The molecule has 0 saturated heterocycles. The minimum atomic E-state index is -4.15. The molecule has 1 N–H and O–H groups in total. The van der Waals surface area contributed by atoms with Crippen LogP contribution in [-0.4, -0.2) is 13.0 Å². The van der Waals surface area contributed by atoms with Crippen LogP contribution in [0.4, 0.5) is 0 Å². The van der Waals surface area contributed by atoms with Gasteiger partial charge in [0.05, 0.1) is 0 Å². The lowest BCUT2D eigenvalue weighted by atomic mass is 10.1.